The van der Waals surface area contributed by atoms with Gasteiger partial charge >= 0.3 is 0 Å². The average Bonchev–Trinajstić information content (AvgIpc) is 3.26. The predicted octanol–water partition coefficient (Wildman–Crippen LogP) is 2.80. The van der Waals surface area contributed by atoms with Crippen molar-refractivity contribution in [3.63, 3.8) is 0 Å². The average molecular weight is 407 g/mol. The molecule has 2 fully saturated rings. The number of hydrogen-bond acceptors (Lipinski definition) is 6. The third kappa shape index (κ3) is 4.88. The first-order valence-corrected chi connectivity index (χ1v) is 10.2. The molecular formula is C19H22N2O4S2. The van der Waals surface area contributed by atoms with Gasteiger partial charge in [-0.15, -0.1) is 0 Å². The standard InChI is InChI=1S/C19H22N2O4S2/c22-11-9-14-5-1-2-10-20(14)17(23)13-21-18(24)16(27-19(21)26)8-3-6-15-7-4-12-25-15/h3-4,6-8,12,14,22H,1-2,5,9-11,13H2. The van der Waals surface area contributed by atoms with E-state index in [-0.39, 0.29) is 31.0 Å². The molecule has 0 aliphatic carbocycles. The number of aliphatic hydroxyl groups excluding tert-OH is 1. The summed E-state index contributed by atoms with van der Waals surface area (Å²) in [5.74, 6) is 0.326. The zero-order valence-electron chi connectivity index (χ0n) is 14.9. The second-order valence-corrected chi connectivity index (χ2v) is 8.09. The summed E-state index contributed by atoms with van der Waals surface area (Å²) in [5, 5.41) is 9.22. The molecule has 2 amide bonds. The first-order chi connectivity index (χ1) is 13.1. The Labute approximate surface area is 167 Å². The van der Waals surface area contributed by atoms with Crippen LogP contribution in [0.4, 0.5) is 0 Å². The summed E-state index contributed by atoms with van der Waals surface area (Å²) in [6.07, 6.45) is 10.2. The van der Waals surface area contributed by atoms with Crippen molar-refractivity contribution in [3.8, 4) is 0 Å². The van der Waals surface area contributed by atoms with Crippen LogP contribution in [0.2, 0.25) is 0 Å². The van der Waals surface area contributed by atoms with Gasteiger partial charge in [0.15, 0.2) is 0 Å². The Morgan fingerprint density at radius 2 is 2.30 bits per heavy atom. The Bertz CT molecular complexity index is 756. The second kappa shape index (κ2) is 9.34. The number of thiocarbonyl (C=S) groups is 1. The lowest BCUT2D eigenvalue weighted by molar-refractivity contribution is -0.138. The van der Waals surface area contributed by atoms with Crippen molar-refractivity contribution in [3.05, 3.63) is 41.2 Å². The fourth-order valence-corrected chi connectivity index (χ4v) is 4.48. The van der Waals surface area contributed by atoms with E-state index in [2.05, 4.69) is 0 Å². The number of aliphatic hydroxyl groups is 1. The maximum atomic E-state index is 12.7. The molecule has 8 heteroatoms. The van der Waals surface area contributed by atoms with Crippen LogP contribution in [-0.4, -0.2) is 56.8 Å². The van der Waals surface area contributed by atoms with Gasteiger partial charge in [-0.05, 0) is 50.0 Å². The molecule has 0 spiro atoms. The van der Waals surface area contributed by atoms with Crippen molar-refractivity contribution in [2.45, 2.75) is 31.7 Å². The number of thioether (sulfide) groups is 1. The predicted molar refractivity (Wildman–Crippen MR) is 109 cm³/mol. The minimum atomic E-state index is -0.252. The number of furan rings is 1. The summed E-state index contributed by atoms with van der Waals surface area (Å²) < 4.78 is 5.60. The number of rotatable bonds is 6. The third-order valence-corrected chi connectivity index (χ3v) is 6.02. The first-order valence-electron chi connectivity index (χ1n) is 8.96. The van der Waals surface area contributed by atoms with Crippen LogP contribution in [0.5, 0.6) is 0 Å². The summed E-state index contributed by atoms with van der Waals surface area (Å²) in [7, 11) is 0. The van der Waals surface area contributed by atoms with E-state index in [1.807, 2.05) is 6.07 Å². The molecule has 144 valence electrons. The quantitative estimate of drug-likeness (QED) is 0.578. The largest absolute Gasteiger partial charge is 0.465 e. The van der Waals surface area contributed by atoms with Gasteiger partial charge in [0.25, 0.3) is 5.91 Å². The molecule has 3 rings (SSSR count). The van der Waals surface area contributed by atoms with Crippen LogP contribution in [-0.2, 0) is 9.59 Å². The molecule has 1 aromatic rings. The molecule has 2 aliphatic heterocycles. The SMILES string of the molecule is O=C1C(=CC=Cc2ccco2)SC(=S)N1CC(=O)N1CCCCC1CCO. The molecule has 27 heavy (non-hydrogen) atoms. The van der Waals surface area contributed by atoms with E-state index >= 15 is 0 Å². The summed E-state index contributed by atoms with van der Waals surface area (Å²) in [4.78, 5) is 29.0. The molecule has 6 nitrogen and oxygen atoms in total. The smallest absolute Gasteiger partial charge is 0.266 e. The molecule has 1 N–H and O–H groups in total. The lowest BCUT2D eigenvalue weighted by Gasteiger charge is -2.36. The molecule has 2 aliphatic rings. The van der Waals surface area contributed by atoms with E-state index < -0.39 is 0 Å². The van der Waals surface area contributed by atoms with Gasteiger partial charge in [0.05, 0.1) is 11.2 Å². The Morgan fingerprint density at radius 3 is 3.04 bits per heavy atom. The van der Waals surface area contributed by atoms with E-state index in [0.29, 0.717) is 28.0 Å². The number of carbonyl (C=O) groups is 2. The second-order valence-electron chi connectivity index (χ2n) is 6.41. The number of allylic oxidation sites excluding steroid dienone is 2. The number of nitrogens with zero attached hydrogens (tertiary/aromatic N) is 2. The minimum Gasteiger partial charge on any atom is -0.465 e. The van der Waals surface area contributed by atoms with Crippen molar-refractivity contribution in [1.82, 2.24) is 9.80 Å². The zero-order chi connectivity index (χ0) is 19.2. The molecule has 3 heterocycles. The zero-order valence-corrected chi connectivity index (χ0v) is 16.5. The topological polar surface area (TPSA) is 74.0 Å². The van der Waals surface area contributed by atoms with Crippen LogP contribution in [0.25, 0.3) is 6.08 Å². The van der Waals surface area contributed by atoms with Crippen LogP contribution < -0.4 is 0 Å². The van der Waals surface area contributed by atoms with Crippen molar-refractivity contribution >= 4 is 46.2 Å². The van der Waals surface area contributed by atoms with Gasteiger partial charge in [0, 0.05) is 19.2 Å². The molecule has 2 saturated heterocycles. The summed E-state index contributed by atoms with van der Waals surface area (Å²) in [5.41, 5.74) is 0. The number of piperidine rings is 1. The molecule has 0 aromatic carbocycles. The van der Waals surface area contributed by atoms with Gasteiger partial charge in [-0.25, -0.2) is 0 Å². The van der Waals surface area contributed by atoms with Crippen molar-refractivity contribution in [2.75, 3.05) is 19.7 Å². The summed E-state index contributed by atoms with van der Waals surface area (Å²) in [6.45, 7) is 0.673. The molecule has 1 unspecified atom stereocenters. The maximum Gasteiger partial charge on any atom is 0.266 e. The van der Waals surface area contributed by atoms with Gasteiger partial charge in [0.1, 0.15) is 16.6 Å². The summed E-state index contributed by atoms with van der Waals surface area (Å²) >= 11 is 6.49. The fraction of sp³-hybridized carbons (Fsp3) is 0.421. The molecule has 1 aromatic heterocycles. The molecule has 0 saturated carbocycles. The van der Waals surface area contributed by atoms with E-state index in [1.54, 1.807) is 35.5 Å². The highest BCUT2D eigenvalue weighted by molar-refractivity contribution is 8.26. The monoisotopic (exact) mass is 406 g/mol. The minimum absolute atomic E-state index is 0.0430. The Hall–Kier alpha value is -1.90. The van der Waals surface area contributed by atoms with Crippen molar-refractivity contribution in [2.24, 2.45) is 0 Å². The normalized spacial score (nSPS) is 22.4. The van der Waals surface area contributed by atoms with Crippen molar-refractivity contribution in [1.29, 1.82) is 0 Å². The van der Waals surface area contributed by atoms with Crippen molar-refractivity contribution < 1.29 is 19.1 Å². The molecular weight excluding hydrogens is 384 g/mol. The van der Waals surface area contributed by atoms with E-state index in [0.717, 1.165) is 19.3 Å². The van der Waals surface area contributed by atoms with Gasteiger partial charge in [0.2, 0.25) is 5.91 Å². The van der Waals surface area contributed by atoms with E-state index in [4.69, 9.17) is 16.6 Å². The Morgan fingerprint density at radius 1 is 1.44 bits per heavy atom. The van der Waals surface area contributed by atoms with Crippen LogP contribution in [0.1, 0.15) is 31.4 Å². The molecule has 0 radical (unpaired) electrons. The maximum absolute atomic E-state index is 12.7. The molecule has 1 atom stereocenters. The number of amides is 2. The number of carbonyl (C=O) groups excluding carboxylic acids is 2. The fourth-order valence-electron chi connectivity index (χ4n) is 3.27. The van der Waals surface area contributed by atoms with Gasteiger partial charge in [-0.1, -0.05) is 30.1 Å². The van der Waals surface area contributed by atoms with Gasteiger partial charge < -0.3 is 14.4 Å². The lowest BCUT2D eigenvalue weighted by atomic mass is 9.99. The van der Waals surface area contributed by atoms with Crippen LogP contribution >= 0.6 is 24.0 Å². The molecule has 0 bridgehead atoms. The van der Waals surface area contributed by atoms with Gasteiger partial charge in [-0.3, -0.25) is 14.5 Å². The Balaban J connectivity index is 1.63. The Kier molecular flexibility index (Phi) is 6.87. The highest BCUT2D eigenvalue weighted by atomic mass is 32.2. The number of likely N-dealkylation sites (tertiary alicyclic amines) is 1. The summed E-state index contributed by atoms with van der Waals surface area (Å²) in [6, 6.07) is 3.65. The van der Waals surface area contributed by atoms with Crippen LogP contribution in [0.3, 0.4) is 0 Å². The van der Waals surface area contributed by atoms with E-state index in [1.165, 1.54) is 16.7 Å². The third-order valence-electron chi connectivity index (χ3n) is 4.63. The lowest BCUT2D eigenvalue weighted by Crippen LogP contribution is -2.49. The number of hydrogen-bond donors (Lipinski definition) is 1. The highest BCUT2D eigenvalue weighted by Crippen LogP contribution is 2.31. The highest BCUT2D eigenvalue weighted by Gasteiger charge is 2.35. The van der Waals surface area contributed by atoms with Crippen LogP contribution in [0, 0.1) is 0 Å². The van der Waals surface area contributed by atoms with E-state index in [9.17, 15) is 14.7 Å². The van der Waals surface area contributed by atoms with Gasteiger partial charge in [-0.2, -0.15) is 0 Å². The first kappa shape index (κ1) is 19.9. The van der Waals surface area contributed by atoms with Crippen LogP contribution in [0.15, 0.2) is 39.9 Å².